The second-order valence-electron chi connectivity index (χ2n) is 6.17. The molecule has 4 N–H and O–H groups in total. The van der Waals surface area contributed by atoms with Crippen LogP contribution in [0.2, 0.25) is 0 Å². The van der Waals surface area contributed by atoms with Crippen LogP contribution in [-0.2, 0) is 5.41 Å². The number of hydrogen-bond donors (Lipinski definition) is 3. The highest BCUT2D eigenvalue weighted by Gasteiger charge is 2.20. The molecule has 0 aliphatic rings. The van der Waals surface area contributed by atoms with Crippen molar-refractivity contribution in [3.8, 4) is 0 Å². The Morgan fingerprint density at radius 3 is 2.26 bits per heavy atom. The molecule has 5 heteroatoms. The van der Waals surface area contributed by atoms with E-state index < -0.39 is 0 Å². The van der Waals surface area contributed by atoms with Gasteiger partial charge in [-0.2, -0.15) is 0 Å². The maximum absolute atomic E-state index is 5.48. The SMILES string of the molecule is CCC(C)C(C)Nc1cc(NN)nc(C(C)(C)C)n1. The fourth-order valence-corrected chi connectivity index (χ4v) is 1.66. The smallest absolute Gasteiger partial charge is 0.145 e. The molecular weight excluding hydrogens is 238 g/mol. The third-order valence-corrected chi connectivity index (χ3v) is 3.42. The summed E-state index contributed by atoms with van der Waals surface area (Å²) in [6.45, 7) is 12.9. The molecule has 0 fully saturated rings. The number of hydrazine groups is 1. The molecule has 0 radical (unpaired) electrons. The first-order valence-corrected chi connectivity index (χ1v) is 6.90. The molecule has 0 aliphatic heterocycles. The molecule has 19 heavy (non-hydrogen) atoms. The normalized spacial score (nSPS) is 14.9. The van der Waals surface area contributed by atoms with Crippen molar-refractivity contribution in [2.75, 3.05) is 10.7 Å². The van der Waals surface area contributed by atoms with Crippen LogP contribution >= 0.6 is 0 Å². The summed E-state index contributed by atoms with van der Waals surface area (Å²) in [4.78, 5) is 9.00. The van der Waals surface area contributed by atoms with Gasteiger partial charge in [0.05, 0.1) is 0 Å². The molecule has 2 atom stereocenters. The molecule has 0 aliphatic carbocycles. The highest BCUT2D eigenvalue weighted by molar-refractivity contribution is 5.48. The third kappa shape index (κ3) is 4.35. The van der Waals surface area contributed by atoms with Gasteiger partial charge in [0.25, 0.3) is 0 Å². The van der Waals surface area contributed by atoms with E-state index in [-0.39, 0.29) is 5.41 Å². The van der Waals surface area contributed by atoms with Gasteiger partial charge in [-0.1, -0.05) is 41.0 Å². The van der Waals surface area contributed by atoms with Gasteiger partial charge in [-0.25, -0.2) is 15.8 Å². The minimum absolute atomic E-state index is 0.108. The van der Waals surface area contributed by atoms with Crippen molar-refractivity contribution in [1.82, 2.24) is 9.97 Å². The van der Waals surface area contributed by atoms with Gasteiger partial charge in [0.1, 0.15) is 17.5 Å². The summed E-state index contributed by atoms with van der Waals surface area (Å²) >= 11 is 0. The molecular formula is C14H27N5. The zero-order valence-corrected chi connectivity index (χ0v) is 12.9. The van der Waals surface area contributed by atoms with Crippen LogP contribution in [0.5, 0.6) is 0 Å². The Labute approximate surface area is 116 Å². The van der Waals surface area contributed by atoms with Gasteiger partial charge in [-0.3, -0.25) is 0 Å². The molecule has 0 aromatic carbocycles. The zero-order valence-electron chi connectivity index (χ0n) is 12.9. The average Bonchev–Trinajstić information content (AvgIpc) is 2.36. The molecule has 108 valence electrons. The molecule has 1 aromatic rings. The van der Waals surface area contributed by atoms with Gasteiger partial charge in [0, 0.05) is 17.5 Å². The molecule has 1 heterocycles. The Morgan fingerprint density at radius 2 is 1.79 bits per heavy atom. The summed E-state index contributed by atoms with van der Waals surface area (Å²) in [6.07, 6.45) is 1.13. The molecule has 0 amide bonds. The van der Waals surface area contributed by atoms with Crippen LogP contribution in [0.25, 0.3) is 0 Å². The Kier molecular flexibility index (Phi) is 5.11. The quantitative estimate of drug-likeness (QED) is 0.564. The Bertz CT molecular complexity index is 411. The fourth-order valence-electron chi connectivity index (χ4n) is 1.66. The van der Waals surface area contributed by atoms with Crippen LogP contribution in [0.1, 0.15) is 53.8 Å². The minimum Gasteiger partial charge on any atom is -0.367 e. The molecule has 5 nitrogen and oxygen atoms in total. The third-order valence-electron chi connectivity index (χ3n) is 3.42. The van der Waals surface area contributed by atoms with E-state index in [2.05, 4.69) is 62.3 Å². The number of aromatic nitrogens is 2. The minimum atomic E-state index is -0.108. The number of nitrogens with one attached hydrogen (secondary N) is 2. The summed E-state index contributed by atoms with van der Waals surface area (Å²) in [7, 11) is 0. The monoisotopic (exact) mass is 265 g/mol. The Balaban J connectivity index is 3.01. The highest BCUT2D eigenvalue weighted by atomic mass is 15.3. The van der Waals surface area contributed by atoms with E-state index in [0.29, 0.717) is 17.8 Å². The fraction of sp³-hybridized carbons (Fsp3) is 0.714. The summed E-state index contributed by atoms with van der Waals surface area (Å²) in [5.74, 6) is 8.30. The van der Waals surface area contributed by atoms with Gasteiger partial charge in [-0.05, 0) is 12.8 Å². The second-order valence-corrected chi connectivity index (χ2v) is 6.17. The van der Waals surface area contributed by atoms with Crippen molar-refractivity contribution in [3.05, 3.63) is 11.9 Å². The summed E-state index contributed by atoms with van der Waals surface area (Å²) < 4.78 is 0. The van der Waals surface area contributed by atoms with Crippen LogP contribution in [0.4, 0.5) is 11.6 Å². The van der Waals surface area contributed by atoms with Crippen molar-refractivity contribution < 1.29 is 0 Å². The number of rotatable bonds is 5. The first kappa shape index (κ1) is 15.7. The van der Waals surface area contributed by atoms with Crippen LogP contribution in [0.15, 0.2) is 6.07 Å². The number of hydrogen-bond acceptors (Lipinski definition) is 5. The second kappa shape index (κ2) is 6.19. The van der Waals surface area contributed by atoms with E-state index in [1.165, 1.54) is 0 Å². The van der Waals surface area contributed by atoms with E-state index >= 15 is 0 Å². The van der Waals surface area contributed by atoms with Crippen molar-refractivity contribution in [2.24, 2.45) is 11.8 Å². The van der Waals surface area contributed by atoms with Crippen LogP contribution in [0, 0.1) is 5.92 Å². The van der Waals surface area contributed by atoms with Gasteiger partial charge in [-0.15, -0.1) is 0 Å². The first-order chi connectivity index (χ1) is 8.77. The number of nitrogens with two attached hydrogens (primary N) is 1. The van der Waals surface area contributed by atoms with Crippen LogP contribution in [-0.4, -0.2) is 16.0 Å². The van der Waals surface area contributed by atoms with Crippen molar-refractivity contribution in [1.29, 1.82) is 0 Å². The van der Waals surface area contributed by atoms with E-state index in [9.17, 15) is 0 Å². The topological polar surface area (TPSA) is 75.9 Å². The van der Waals surface area contributed by atoms with Crippen molar-refractivity contribution >= 4 is 11.6 Å². The van der Waals surface area contributed by atoms with Crippen LogP contribution < -0.4 is 16.6 Å². The molecule has 1 aromatic heterocycles. The van der Waals surface area contributed by atoms with Gasteiger partial charge >= 0.3 is 0 Å². The molecule has 0 spiro atoms. The van der Waals surface area contributed by atoms with E-state index in [0.717, 1.165) is 18.1 Å². The van der Waals surface area contributed by atoms with Gasteiger partial charge < -0.3 is 10.7 Å². The predicted octanol–water partition coefficient (Wildman–Crippen LogP) is 2.91. The molecule has 0 saturated carbocycles. The lowest BCUT2D eigenvalue weighted by molar-refractivity contribution is 0.491. The van der Waals surface area contributed by atoms with E-state index in [1.54, 1.807) is 0 Å². The van der Waals surface area contributed by atoms with Crippen molar-refractivity contribution in [3.63, 3.8) is 0 Å². The number of nitrogens with zero attached hydrogens (tertiary/aromatic N) is 2. The number of anilines is 2. The largest absolute Gasteiger partial charge is 0.367 e. The summed E-state index contributed by atoms with van der Waals surface area (Å²) in [5, 5.41) is 3.43. The molecule has 1 rings (SSSR count). The lowest BCUT2D eigenvalue weighted by Crippen LogP contribution is -2.26. The molecule has 0 bridgehead atoms. The maximum Gasteiger partial charge on any atom is 0.145 e. The Hall–Kier alpha value is -1.36. The Morgan fingerprint density at radius 1 is 1.21 bits per heavy atom. The maximum atomic E-state index is 5.48. The average molecular weight is 265 g/mol. The molecule has 2 unspecified atom stereocenters. The van der Waals surface area contributed by atoms with Crippen molar-refractivity contribution in [2.45, 2.75) is 59.4 Å². The summed E-state index contributed by atoms with van der Waals surface area (Å²) in [6, 6.07) is 2.20. The summed E-state index contributed by atoms with van der Waals surface area (Å²) in [5.41, 5.74) is 2.50. The molecule has 0 saturated heterocycles. The number of nitrogen functional groups attached to an aromatic ring is 1. The van der Waals surface area contributed by atoms with E-state index in [1.807, 2.05) is 6.07 Å². The highest BCUT2D eigenvalue weighted by Crippen LogP contribution is 2.23. The lowest BCUT2D eigenvalue weighted by atomic mass is 9.95. The first-order valence-electron chi connectivity index (χ1n) is 6.90. The predicted molar refractivity (Wildman–Crippen MR) is 81.1 cm³/mol. The zero-order chi connectivity index (χ0) is 14.6. The van der Waals surface area contributed by atoms with Gasteiger partial charge in [0.15, 0.2) is 0 Å². The van der Waals surface area contributed by atoms with Gasteiger partial charge in [0.2, 0.25) is 0 Å². The van der Waals surface area contributed by atoms with E-state index in [4.69, 9.17) is 5.84 Å². The van der Waals surface area contributed by atoms with Crippen LogP contribution in [0.3, 0.4) is 0 Å². The standard InChI is InChI=1S/C14H27N5/c1-7-9(2)10(3)16-11-8-12(19-15)18-13(17-11)14(4,5)6/h8-10H,7,15H2,1-6H3,(H2,16,17,18,19). The lowest BCUT2D eigenvalue weighted by Gasteiger charge is -2.23.